The lowest BCUT2D eigenvalue weighted by Crippen LogP contribution is -2.43. The highest BCUT2D eigenvalue weighted by atomic mass is 16.1. The molecule has 4 heteroatoms. The predicted octanol–water partition coefficient (Wildman–Crippen LogP) is 1.14. The van der Waals surface area contributed by atoms with Crippen molar-refractivity contribution in [3.05, 3.63) is 23.5 Å². The van der Waals surface area contributed by atoms with Crippen LogP contribution < -0.4 is 10.6 Å². The molecule has 0 aromatic carbocycles. The lowest BCUT2D eigenvalue weighted by atomic mass is 10.0. The molecule has 1 aliphatic carbocycles. The van der Waals surface area contributed by atoms with Crippen molar-refractivity contribution in [1.82, 2.24) is 4.98 Å². The lowest BCUT2D eigenvalue weighted by molar-refractivity contribution is 0.0990. The van der Waals surface area contributed by atoms with E-state index in [4.69, 9.17) is 5.73 Å². The highest BCUT2D eigenvalue weighted by Gasteiger charge is 2.27. The molecular formula is C13H17N3O. The second kappa shape index (κ2) is 4.11. The van der Waals surface area contributed by atoms with Crippen LogP contribution in [0.4, 0.5) is 5.69 Å². The Labute approximate surface area is 101 Å². The molecule has 0 radical (unpaired) electrons. The minimum absolute atomic E-state index is 0.183. The molecule has 1 aromatic rings. The molecule has 1 fully saturated rings. The Balaban J connectivity index is 1.96. The van der Waals surface area contributed by atoms with Crippen molar-refractivity contribution in [2.45, 2.75) is 31.7 Å². The number of carbonyl (C=O) groups is 1. The Morgan fingerprint density at radius 1 is 1.41 bits per heavy atom. The normalized spacial score (nSPS) is 23.9. The summed E-state index contributed by atoms with van der Waals surface area (Å²) in [7, 11) is 0. The summed E-state index contributed by atoms with van der Waals surface area (Å²) < 4.78 is 0. The van der Waals surface area contributed by atoms with E-state index in [2.05, 4.69) is 9.88 Å². The van der Waals surface area contributed by atoms with E-state index < -0.39 is 0 Å². The first-order chi connectivity index (χ1) is 8.25. The number of anilines is 1. The number of nitrogens with two attached hydrogens (primary N) is 1. The van der Waals surface area contributed by atoms with Gasteiger partial charge >= 0.3 is 0 Å². The highest BCUT2D eigenvalue weighted by molar-refractivity contribution is 6.00. The first-order valence-corrected chi connectivity index (χ1v) is 6.27. The van der Waals surface area contributed by atoms with Crippen LogP contribution in [0.5, 0.6) is 0 Å². The van der Waals surface area contributed by atoms with Crippen LogP contribution in [-0.2, 0) is 6.42 Å². The Bertz CT molecular complexity index is 458. The third-order valence-corrected chi connectivity index (χ3v) is 3.70. The summed E-state index contributed by atoms with van der Waals surface area (Å²) in [6, 6.07) is 2.28. The number of piperidine rings is 1. The molecule has 17 heavy (non-hydrogen) atoms. The monoisotopic (exact) mass is 231 g/mol. The number of nitrogens with zero attached hydrogens (tertiary/aromatic N) is 2. The summed E-state index contributed by atoms with van der Waals surface area (Å²) in [5.41, 5.74) is 9.00. The summed E-state index contributed by atoms with van der Waals surface area (Å²) in [6.45, 7) is 1.93. The highest BCUT2D eigenvalue weighted by Crippen LogP contribution is 2.31. The van der Waals surface area contributed by atoms with E-state index in [1.54, 1.807) is 6.20 Å². The molecule has 2 N–H and O–H groups in total. The van der Waals surface area contributed by atoms with Gasteiger partial charge in [0.05, 0.1) is 0 Å². The maximum atomic E-state index is 11.7. The molecule has 0 saturated carbocycles. The van der Waals surface area contributed by atoms with Gasteiger partial charge in [-0.1, -0.05) is 0 Å². The third-order valence-electron chi connectivity index (χ3n) is 3.70. The summed E-state index contributed by atoms with van der Waals surface area (Å²) in [5.74, 6) is 0.183. The molecule has 3 rings (SSSR count). The van der Waals surface area contributed by atoms with Crippen LogP contribution >= 0.6 is 0 Å². The second-order valence-electron chi connectivity index (χ2n) is 4.93. The molecule has 90 valence electrons. The van der Waals surface area contributed by atoms with Crippen molar-refractivity contribution in [2.75, 3.05) is 18.0 Å². The van der Waals surface area contributed by atoms with Gasteiger partial charge in [0.1, 0.15) is 5.69 Å². The number of pyridine rings is 1. The summed E-state index contributed by atoms with van der Waals surface area (Å²) in [4.78, 5) is 18.2. The first-order valence-electron chi connectivity index (χ1n) is 6.27. The van der Waals surface area contributed by atoms with Crippen LogP contribution in [0.2, 0.25) is 0 Å². The van der Waals surface area contributed by atoms with Gasteiger partial charge in [0, 0.05) is 43.0 Å². The van der Waals surface area contributed by atoms with Crippen LogP contribution in [0.15, 0.2) is 12.3 Å². The van der Waals surface area contributed by atoms with Gasteiger partial charge in [-0.05, 0) is 25.3 Å². The largest absolute Gasteiger partial charge is 0.370 e. The van der Waals surface area contributed by atoms with Crippen molar-refractivity contribution < 1.29 is 4.79 Å². The van der Waals surface area contributed by atoms with E-state index in [1.165, 1.54) is 5.69 Å². The van der Waals surface area contributed by atoms with E-state index in [-0.39, 0.29) is 11.8 Å². The zero-order valence-electron chi connectivity index (χ0n) is 9.85. The van der Waals surface area contributed by atoms with Crippen molar-refractivity contribution in [2.24, 2.45) is 5.73 Å². The summed E-state index contributed by atoms with van der Waals surface area (Å²) >= 11 is 0. The molecule has 1 unspecified atom stereocenters. The molecule has 1 saturated heterocycles. The van der Waals surface area contributed by atoms with E-state index in [1.807, 2.05) is 6.07 Å². The van der Waals surface area contributed by atoms with E-state index >= 15 is 0 Å². The molecule has 4 nitrogen and oxygen atoms in total. The number of hydrogen-bond donors (Lipinski definition) is 1. The van der Waals surface area contributed by atoms with E-state index in [0.717, 1.165) is 37.9 Å². The van der Waals surface area contributed by atoms with Crippen LogP contribution in [0.25, 0.3) is 0 Å². The van der Waals surface area contributed by atoms with Crippen LogP contribution in [0.3, 0.4) is 0 Å². The zero-order valence-corrected chi connectivity index (χ0v) is 9.85. The number of aromatic nitrogens is 1. The Morgan fingerprint density at radius 3 is 3.12 bits per heavy atom. The number of Topliss-reactive ketones (excluding diaryl/α,β-unsaturated/α-hetero) is 1. The van der Waals surface area contributed by atoms with Crippen molar-refractivity contribution >= 4 is 11.5 Å². The molecule has 1 aromatic heterocycles. The average Bonchev–Trinajstić information content (AvgIpc) is 2.71. The van der Waals surface area contributed by atoms with Gasteiger partial charge in [0.15, 0.2) is 5.78 Å². The average molecular weight is 231 g/mol. The molecule has 0 amide bonds. The Hall–Kier alpha value is -1.42. The van der Waals surface area contributed by atoms with Gasteiger partial charge in [0.25, 0.3) is 0 Å². The van der Waals surface area contributed by atoms with Crippen LogP contribution in [0, 0.1) is 0 Å². The number of fused-ring (bicyclic) bond motifs is 1. The van der Waals surface area contributed by atoms with E-state index in [9.17, 15) is 4.79 Å². The standard InChI is InChI=1S/C13H17N3O/c14-9-2-1-7-16(8-9)11-5-6-15-13-10(11)3-4-12(13)17/h5-6,9H,1-4,7-8,14H2. The van der Waals surface area contributed by atoms with E-state index in [0.29, 0.717) is 12.1 Å². The molecule has 0 bridgehead atoms. The molecule has 1 atom stereocenters. The molecule has 0 spiro atoms. The maximum Gasteiger partial charge on any atom is 0.181 e. The summed E-state index contributed by atoms with van der Waals surface area (Å²) in [5, 5.41) is 0. The zero-order chi connectivity index (χ0) is 11.8. The number of rotatable bonds is 1. The lowest BCUT2D eigenvalue weighted by Gasteiger charge is -2.33. The Morgan fingerprint density at radius 2 is 2.29 bits per heavy atom. The van der Waals surface area contributed by atoms with Crippen LogP contribution in [0.1, 0.15) is 35.3 Å². The number of carbonyl (C=O) groups excluding carboxylic acids is 1. The topological polar surface area (TPSA) is 59.2 Å². The Kier molecular flexibility index (Phi) is 2.59. The first kappa shape index (κ1) is 10.7. The smallest absolute Gasteiger partial charge is 0.181 e. The SMILES string of the molecule is NC1CCCN(c2ccnc3c2CCC3=O)C1. The van der Waals surface area contributed by atoms with Gasteiger partial charge in [0.2, 0.25) is 0 Å². The minimum atomic E-state index is 0.183. The van der Waals surface area contributed by atoms with Gasteiger partial charge < -0.3 is 10.6 Å². The van der Waals surface area contributed by atoms with Gasteiger partial charge in [-0.25, -0.2) is 0 Å². The minimum Gasteiger partial charge on any atom is -0.370 e. The maximum absolute atomic E-state index is 11.7. The van der Waals surface area contributed by atoms with Crippen molar-refractivity contribution in [1.29, 1.82) is 0 Å². The molecule has 2 aliphatic rings. The third kappa shape index (κ3) is 1.82. The number of ketones is 1. The summed E-state index contributed by atoms with van der Waals surface area (Å²) in [6.07, 6.45) is 5.43. The van der Waals surface area contributed by atoms with Crippen molar-refractivity contribution in [3.8, 4) is 0 Å². The van der Waals surface area contributed by atoms with Crippen molar-refractivity contribution in [3.63, 3.8) is 0 Å². The van der Waals surface area contributed by atoms with Gasteiger partial charge in [-0.2, -0.15) is 0 Å². The molecule has 2 heterocycles. The van der Waals surface area contributed by atoms with Crippen LogP contribution in [-0.4, -0.2) is 29.9 Å². The number of hydrogen-bond acceptors (Lipinski definition) is 4. The second-order valence-corrected chi connectivity index (χ2v) is 4.93. The molecule has 1 aliphatic heterocycles. The fourth-order valence-electron chi connectivity index (χ4n) is 2.85. The molecular weight excluding hydrogens is 214 g/mol. The fourth-order valence-corrected chi connectivity index (χ4v) is 2.85. The fraction of sp³-hybridized carbons (Fsp3) is 0.538. The predicted molar refractivity (Wildman–Crippen MR) is 66.3 cm³/mol. The van der Waals surface area contributed by atoms with Gasteiger partial charge in [-0.3, -0.25) is 9.78 Å². The quantitative estimate of drug-likeness (QED) is 0.787. The van der Waals surface area contributed by atoms with Gasteiger partial charge in [-0.15, -0.1) is 0 Å².